The first-order valence-corrected chi connectivity index (χ1v) is 9.14. The summed E-state index contributed by atoms with van der Waals surface area (Å²) in [6.45, 7) is 5.37. The maximum Gasteiger partial charge on any atom is 0.0302 e. The fourth-order valence-corrected chi connectivity index (χ4v) is 4.76. The molecule has 1 atom stereocenters. The lowest BCUT2D eigenvalue weighted by Crippen LogP contribution is -2.18. The molecular weight excluding hydrogens is 318 g/mol. The van der Waals surface area contributed by atoms with Gasteiger partial charge in [0.2, 0.25) is 0 Å². The first-order chi connectivity index (χ1) is 9.20. The van der Waals surface area contributed by atoms with Crippen LogP contribution in [0.15, 0.2) is 27.6 Å². The Balaban J connectivity index is 1.93. The van der Waals surface area contributed by atoms with Crippen molar-refractivity contribution in [1.29, 1.82) is 0 Å². The van der Waals surface area contributed by atoms with Crippen LogP contribution < -0.4 is 5.32 Å². The number of hydrogen-bond donors (Lipinski definition) is 1. The van der Waals surface area contributed by atoms with E-state index in [0.29, 0.717) is 6.04 Å². The number of rotatable bonds is 6. The molecule has 1 aromatic rings. The van der Waals surface area contributed by atoms with Gasteiger partial charge >= 0.3 is 0 Å². The zero-order valence-electron chi connectivity index (χ0n) is 11.9. The van der Waals surface area contributed by atoms with E-state index in [0.717, 1.165) is 12.5 Å². The quantitative estimate of drug-likeness (QED) is 0.695. The van der Waals surface area contributed by atoms with Gasteiger partial charge in [-0.25, -0.2) is 0 Å². The number of hydrogen-bond acceptors (Lipinski definition) is 2. The van der Waals surface area contributed by atoms with Crippen molar-refractivity contribution in [2.45, 2.75) is 50.5 Å². The van der Waals surface area contributed by atoms with Crippen LogP contribution in [0.5, 0.6) is 0 Å². The molecular formula is C16H24BrNS. The molecule has 106 valence electrons. The Morgan fingerprint density at radius 3 is 2.74 bits per heavy atom. The highest BCUT2D eigenvalue weighted by atomic mass is 79.9. The minimum absolute atomic E-state index is 0.410. The molecule has 0 heterocycles. The molecule has 0 aliphatic heterocycles. The molecule has 2 rings (SSSR count). The lowest BCUT2D eigenvalue weighted by atomic mass is 10.1. The lowest BCUT2D eigenvalue weighted by Gasteiger charge is -2.16. The molecule has 1 unspecified atom stereocenters. The van der Waals surface area contributed by atoms with Crippen molar-refractivity contribution in [2.24, 2.45) is 5.92 Å². The highest BCUT2D eigenvalue weighted by Gasteiger charge is 2.15. The molecule has 1 aromatic carbocycles. The molecule has 0 amide bonds. The average Bonchev–Trinajstić information content (AvgIpc) is 2.89. The van der Waals surface area contributed by atoms with Gasteiger partial charge in [0.15, 0.2) is 0 Å². The normalized spacial score (nSPS) is 17.8. The second-order valence-corrected chi connectivity index (χ2v) is 7.37. The van der Waals surface area contributed by atoms with Gasteiger partial charge in [0.25, 0.3) is 0 Å². The number of benzene rings is 1. The second kappa shape index (κ2) is 7.70. The minimum Gasteiger partial charge on any atom is -0.310 e. The van der Waals surface area contributed by atoms with E-state index in [1.165, 1.54) is 46.4 Å². The Labute approximate surface area is 130 Å². The van der Waals surface area contributed by atoms with Crippen LogP contribution in [0.4, 0.5) is 0 Å². The summed E-state index contributed by atoms with van der Waals surface area (Å²) in [7, 11) is 0. The van der Waals surface area contributed by atoms with Crippen LogP contribution >= 0.6 is 27.7 Å². The fraction of sp³-hybridized carbons (Fsp3) is 0.625. The number of halogens is 1. The van der Waals surface area contributed by atoms with Crippen molar-refractivity contribution in [1.82, 2.24) is 5.32 Å². The topological polar surface area (TPSA) is 12.0 Å². The summed E-state index contributed by atoms with van der Waals surface area (Å²) in [5, 5.41) is 3.46. The van der Waals surface area contributed by atoms with Gasteiger partial charge in [0.1, 0.15) is 0 Å². The molecule has 0 saturated heterocycles. The maximum absolute atomic E-state index is 3.72. The number of nitrogens with one attached hydrogen (secondary N) is 1. The van der Waals surface area contributed by atoms with Crippen molar-refractivity contribution in [3.05, 3.63) is 28.2 Å². The molecule has 1 nitrogen and oxygen atoms in total. The van der Waals surface area contributed by atoms with Crippen LogP contribution in [0, 0.1) is 5.92 Å². The molecule has 3 heteroatoms. The molecule has 1 fully saturated rings. The Kier molecular flexibility index (Phi) is 6.24. The SMILES string of the molecule is CCNC(C)c1ccc(SCC2CCCC2)cc1Br. The summed E-state index contributed by atoms with van der Waals surface area (Å²) in [6.07, 6.45) is 5.75. The minimum atomic E-state index is 0.410. The third-order valence-electron chi connectivity index (χ3n) is 3.91. The van der Waals surface area contributed by atoms with Crippen LogP contribution in [0.3, 0.4) is 0 Å². The summed E-state index contributed by atoms with van der Waals surface area (Å²) < 4.78 is 1.23. The van der Waals surface area contributed by atoms with Gasteiger partial charge in [-0.2, -0.15) is 0 Å². The molecule has 1 saturated carbocycles. The van der Waals surface area contributed by atoms with Crippen LogP contribution in [0.2, 0.25) is 0 Å². The Morgan fingerprint density at radius 2 is 2.11 bits per heavy atom. The van der Waals surface area contributed by atoms with Gasteiger partial charge in [0.05, 0.1) is 0 Å². The van der Waals surface area contributed by atoms with E-state index in [1.54, 1.807) is 0 Å². The monoisotopic (exact) mass is 341 g/mol. The highest BCUT2D eigenvalue weighted by molar-refractivity contribution is 9.10. The van der Waals surface area contributed by atoms with E-state index in [2.05, 4.69) is 53.3 Å². The van der Waals surface area contributed by atoms with E-state index in [9.17, 15) is 0 Å². The number of thioether (sulfide) groups is 1. The van der Waals surface area contributed by atoms with E-state index >= 15 is 0 Å². The zero-order chi connectivity index (χ0) is 13.7. The largest absolute Gasteiger partial charge is 0.310 e. The first kappa shape index (κ1) is 15.4. The molecule has 0 radical (unpaired) electrons. The summed E-state index contributed by atoms with van der Waals surface area (Å²) in [5.74, 6) is 2.23. The molecule has 19 heavy (non-hydrogen) atoms. The smallest absolute Gasteiger partial charge is 0.0302 e. The standard InChI is InChI=1S/C16H24BrNS/c1-3-18-12(2)15-9-8-14(10-16(15)17)19-11-13-6-4-5-7-13/h8-10,12-13,18H,3-7,11H2,1-2H3. The van der Waals surface area contributed by atoms with Crippen molar-refractivity contribution >= 4 is 27.7 Å². The summed E-state index contributed by atoms with van der Waals surface area (Å²) in [4.78, 5) is 1.39. The lowest BCUT2D eigenvalue weighted by molar-refractivity contribution is 0.595. The van der Waals surface area contributed by atoms with E-state index in [1.807, 2.05) is 11.8 Å². The zero-order valence-corrected chi connectivity index (χ0v) is 14.3. The molecule has 0 aromatic heterocycles. The molecule has 1 N–H and O–H groups in total. The highest BCUT2D eigenvalue weighted by Crippen LogP contribution is 2.33. The molecule has 0 bridgehead atoms. The van der Waals surface area contributed by atoms with Gasteiger partial charge in [-0.1, -0.05) is 41.8 Å². The van der Waals surface area contributed by atoms with Gasteiger partial charge in [-0.3, -0.25) is 0 Å². The van der Waals surface area contributed by atoms with Crippen molar-refractivity contribution in [3.8, 4) is 0 Å². The third kappa shape index (κ3) is 4.51. The summed E-state index contributed by atoms with van der Waals surface area (Å²) in [5.41, 5.74) is 1.35. The van der Waals surface area contributed by atoms with Crippen molar-refractivity contribution < 1.29 is 0 Å². The third-order valence-corrected chi connectivity index (χ3v) is 5.82. The van der Waals surface area contributed by atoms with E-state index in [4.69, 9.17) is 0 Å². The Morgan fingerprint density at radius 1 is 1.37 bits per heavy atom. The Bertz CT molecular complexity index is 402. The average molecular weight is 342 g/mol. The molecule has 0 spiro atoms. The second-order valence-electron chi connectivity index (χ2n) is 5.42. The van der Waals surface area contributed by atoms with Gasteiger partial charge in [0, 0.05) is 21.2 Å². The molecule has 1 aliphatic rings. The van der Waals surface area contributed by atoms with Crippen LogP contribution in [-0.2, 0) is 0 Å². The summed E-state index contributed by atoms with van der Waals surface area (Å²) >= 11 is 5.73. The van der Waals surface area contributed by atoms with Gasteiger partial charge < -0.3 is 5.32 Å². The first-order valence-electron chi connectivity index (χ1n) is 7.36. The van der Waals surface area contributed by atoms with Crippen LogP contribution in [-0.4, -0.2) is 12.3 Å². The molecule has 1 aliphatic carbocycles. The van der Waals surface area contributed by atoms with Crippen LogP contribution in [0.25, 0.3) is 0 Å². The maximum atomic E-state index is 3.72. The van der Waals surface area contributed by atoms with Crippen LogP contribution in [0.1, 0.15) is 51.1 Å². The van der Waals surface area contributed by atoms with Gasteiger partial charge in [-0.15, -0.1) is 11.8 Å². The fourth-order valence-electron chi connectivity index (χ4n) is 2.76. The predicted molar refractivity (Wildman–Crippen MR) is 88.9 cm³/mol. The van der Waals surface area contributed by atoms with E-state index in [-0.39, 0.29) is 0 Å². The van der Waals surface area contributed by atoms with E-state index < -0.39 is 0 Å². The van der Waals surface area contributed by atoms with Crippen molar-refractivity contribution in [2.75, 3.05) is 12.3 Å². The summed E-state index contributed by atoms with van der Waals surface area (Å²) in [6, 6.07) is 7.22. The predicted octanol–water partition coefficient (Wildman–Crippen LogP) is 5.40. The van der Waals surface area contributed by atoms with Gasteiger partial charge in [-0.05, 0) is 49.9 Å². The van der Waals surface area contributed by atoms with Crippen molar-refractivity contribution in [3.63, 3.8) is 0 Å². The Hall–Kier alpha value is 0.01000.